The van der Waals surface area contributed by atoms with Crippen LogP contribution in [0.5, 0.6) is 0 Å². The third-order valence-corrected chi connectivity index (χ3v) is 2.54. The molecular formula is C13H16N2O. The van der Waals surface area contributed by atoms with E-state index >= 15 is 0 Å². The molecule has 0 fully saturated rings. The second-order valence-electron chi connectivity index (χ2n) is 3.99. The second kappa shape index (κ2) is 4.94. The van der Waals surface area contributed by atoms with E-state index in [-0.39, 0.29) is 6.04 Å². The first-order chi connectivity index (χ1) is 7.75. The molecule has 0 saturated heterocycles. The maximum absolute atomic E-state index is 5.70. The van der Waals surface area contributed by atoms with E-state index in [0.29, 0.717) is 0 Å². The molecule has 0 saturated carbocycles. The molecule has 2 aromatic rings. The normalized spacial score (nSPS) is 12.6. The Labute approximate surface area is 95.3 Å². The zero-order chi connectivity index (χ0) is 11.4. The Morgan fingerprint density at radius 1 is 1.25 bits per heavy atom. The lowest BCUT2D eigenvalue weighted by molar-refractivity contribution is 0.362. The van der Waals surface area contributed by atoms with Gasteiger partial charge in [-0.25, -0.2) is 0 Å². The molecule has 1 heterocycles. The minimum Gasteiger partial charge on any atom is -0.359 e. The van der Waals surface area contributed by atoms with Crippen molar-refractivity contribution < 1.29 is 4.52 Å². The number of aromatic nitrogens is 1. The van der Waals surface area contributed by atoms with Crippen molar-refractivity contribution in [3.05, 3.63) is 53.4 Å². The topological polar surface area (TPSA) is 52.0 Å². The minimum absolute atomic E-state index is 0.0852. The number of rotatable bonds is 4. The maximum Gasteiger partial charge on any atom is 0.153 e. The van der Waals surface area contributed by atoms with Gasteiger partial charge in [-0.05, 0) is 25.3 Å². The molecule has 1 aromatic heterocycles. The number of benzene rings is 1. The number of aryl methyl sites for hydroxylation is 2. The van der Waals surface area contributed by atoms with Crippen LogP contribution in [-0.2, 0) is 12.8 Å². The van der Waals surface area contributed by atoms with Gasteiger partial charge in [0.15, 0.2) is 5.76 Å². The predicted octanol–water partition coefficient (Wildman–Crippen LogP) is 2.48. The van der Waals surface area contributed by atoms with E-state index in [2.05, 4.69) is 17.3 Å². The van der Waals surface area contributed by atoms with Crippen LogP contribution in [-0.4, -0.2) is 5.16 Å². The van der Waals surface area contributed by atoms with Crippen LogP contribution < -0.4 is 5.73 Å². The molecule has 84 valence electrons. The van der Waals surface area contributed by atoms with E-state index in [4.69, 9.17) is 10.3 Å². The summed E-state index contributed by atoms with van der Waals surface area (Å²) in [5.41, 5.74) is 7.98. The lowest BCUT2D eigenvalue weighted by Gasteiger charge is -1.97. The van der Waals surface area contributed by atoms with Gasteiger partial charge in [0.2, 0.25) is 0 Å². The molecule has 16 heavy (non-hydrogen) atoms. The summed E-state index contributed by atoms with van der Waals surface area (Å²) in [7, 11) is 0. The van der Waals surface area contributed by atoms with E-state index in [9.17, 15) is 0 Å². The third kappa shape index (κ3) is 2.70. The summed E-state index contributed by atoms with van der Waals surface area (Å²) in [4.78, 5) is 0. The summed E-state index contributed by atoms with van der Waals surface area (Å²) < 4.78 is 5.14. The molecular weight excluding hydrogens is 200 g/mol. The zero-order valence-corrected chi connectivity index (χ0v) is 9.39. The number of hydrogen-bond donors (Lipinski definition) is 1. The molecule has 0 radical (unpaired) electrons. The molecule has 1 atom stereocenters. The number of hydrogen-bond acceptors (Lipinski definition) is 3. The van der Waals surface area contributed by atoms with Gasteiger partial charge in [0.25, 0.3) is 0 Å². The number of nitrogens with two attached hydrogens (primary N) is 1. The van der Waals surface area contributed by atoms with E-state index < -0.39 is 0 Å². The van der Waals surface area contributed by atoms with E-state index in [1.807, 2.05) is 31.2 Å². The van der Waals surface area contributed by atoms with E-state index in [1.165, 1.54) is 5.56 Å². The molecule has 2 rings (SSSR count). The third-order valence-electron chi connectivity index (χ3n) is 2.54. The summed E-state index contributed by atoms with van der Waals surface area (Å²) >= 11 is 0. The lowest BCUT2D eigenvalue weighted by Crippen LogP contribution is -2.02. The van der Waals surface area contributed by atoms with Gasteiger partial charge in [0.05, 0.1) is 11.7 Å². The molecule has 1 aromatic carbocycles. The highest BCUT2D eigenvalue weighted by Gasteiger charge is 2.07. The molecule has 0 aliphatic heterocycles. The molecule has 0 bridgehead atoms. The second-order valence-corrected chi connectivity index (χ2v) is 3.99. The lowest BCUT2D eigenvalue weighted by atomic mass is 10.1. The SMILES string of the molecule is CC(N)c1cc(CCc2ccccc2)no1. The van der Waals surface area contributed by atoms with Gasteiger partial charge in [-0.3, -0.25) is 0 Å². The largest absolute Gasteiger partial charge is 0.359 e. The Morgan fingerprint density at radius 2 is 2.00 bits per heavy atom. The Morgan fingerprint density at radius 3 is 2.62 bits per heavy atom. The van der Waals surface area contributed by atoms with Gasteiger partial charge in [-0.1, -0.05) is 35.5 Å². The van der Waals surface area contributed by atoms with Gasteiger partial charge in [-0.15, -0.1) is 0 Å². The van der Waals surface area contributed by atoms with Crippen molar-refractivity contribution in [3.63, 3.8) is 0 Å². The van der Waals surface area contributed by atoms with Gasteiger partial charge in [0, 0.05) is 6.07 Å². The van der Waals surface area contributed by atoms with Gasteiger partial charge < -0.3 is 10.3 Å². The summed E-state index contributed by atoms with van der Waals surface area (Å²) in [6.07, 6.45) is 1.87. The monoisotopic (exact) mass is 216 g/mol. The van der Waals surface area contributed by atoms with Crippen LogP contribution in [0.15, 0.2) is 40.9 Å². The Kier molecular flexibility index (Phi) is 3.37. The quantitative estimate of drug-likeness (QED) is 0.854. The standard InChI is InChI=1S/C13H16N2O/c1-10(14)13-9-12(15-16-13)8-7-11-5-3-2-4-6-11/h2-6,9-10H,7-8,14H2,1H3. The highest BCUT2D eigenvalue weighted by molar-refractivity contribution is 5.17. The van der Waals surface area contributed by atoms with E-state index in [0.717, 1.165) is 24.3 Å². The Balaban J connectivity index is 1.95. The summed E-state index contributed by atoms with van der Waals surface area (Å²) in [5.74, 6) is 0.753. The minimum atomic E-state index is -0.0852. The van der Waals surface area contributed by atoms with Crippen LogP contribution in [0.2, 0.25) is 0 Å². The molecule has 0 amide bonds. The molecule has 3 heteroatoms. The predicted molar refractivity (Wildman–Crippen MR) is 63.0 cm³/mol. The van der Waals surface area contributed by atoms with Crippen LogP contribution in [0.3, 0.4) is 0 Å². The molecule has 0 spiro atoms. The van der Waals surface area contributed by atoms with Crippen molar-refractivity contribution in [2.24, 2.45) is 5.73 Å². The van der Waals surface area contributed by atoms with Crippen LogP contribution in [0.25, 0.3) is 0 Å². The smallest absolute Gasteiger partial charge is 0.153 e. The van der Waals surface area contributed by atoms with Crippen molar-refractivity contribution >= 4 is 0 Å². The van der Waals surface area contributed by atoms with Crippen LogP contribution in [0.4, 0.5) is 0 Å². The molecule has 3 nitrogen and oxygen atoms in total. The summed E-state index contributed by atoms with van der Waals surface area (Å²) in [5, 5.41) is 4.00. The van der Waals surface area contributed by atoms with Crippen molar-refractivity contribution in [1.82, 2.24) is 5.16 Å². The van der Waals surface area contributed by atoms with E-state index in [1.54, 1.807) is 0 Å². The van der Waals surface area contributed by atoms with Crippen molar-refractivity contribution in [1.29, 1.82) is 0 Å². The van der Waals surface area contributed by atoms with Gasteiger partial charge >= 0.3 is 0 Å². The van der Waals surface area contributed by atoms with Crippen LogP contribution in [0.1, 0.15) is 30.0 Å². The van der Waals surface area contributed by atoms with Crippen molar-refractivity contribution in [2.75, 3.05) is 0 Å². The Hall–Kier alpha value is -1.61. The first kappa shape index (κ1) is 10.9. The van der Waals surface area contributed by atoms with Crippen molar-refractivity contribution in [2.45, 2.75) is 25.8 Å². The number of nitrogens with zero attached hydrogens (tertiary/aromatic N) is 1. The zero-order valence-electron chi connectivity index (χ0n) is 9.39. The first-order valence-electron chi connectivity index (χ1n) is 5.50. The first-order valence-corrected chi connectivity index (χ1v) is 5.50. The summed E-state index contributed by atoms with van der Waals surface area (Å²) in [6, 6.07) is 12.2. The maximum atomic E-state index is 5.70. The fourth-order valence-electron chi connectivity index (χ4n) is 1.58. The average molecular weight is 216 g/mol. The Bertz CT molecular complexity index is 434. The fraction of sp³-hybridized carbons (Fsp3) is 0.308. The molecule has 0 aliphatic carbocycles. The van der Waals surface area contributed by atoms with Gasteiger partial charge in [-0.2, -0.15) is 0 Å². The van der Waals surface area contributed by atoms with Crippen molar-refractivity contribution in [3.8, 4) is 0 Å². The average Bonchev–Trinajstić information content (AvgIpc) is 2.76. The van der Waals surface area contributed by atoms with Crippen LogP contribution >= 0.6 is 0 Å². The summed E-state index contributed by atoms with van der Waals surface area (Å²) in [6.45, 7) is 1.89. The molecule has 2 N–H and O–H groups in total. The highest BCUT2D eigenvalue weighted by Crippen LogP contribution is 2.12. The fourth-order valence-corrected chi connectivity index (χ4v) is 1.58. The highest BCUT2D eigenvalue weighted by atomic mass is 16.5. The van der Waals surface area contributed by atoms with Crippen LogP contribution in [0, 0.1) is 0 Å². The molecule has 1 unspecified atom stereocenters. The van der Waals surface area contributed by atoms with Gasteiger partial charge in [0.1, 0.15) is 0 Å². The molecule has 0 aliphatic rings.